The number of carbonyl (C=O) groups is 1. The van der Waals surface area contributed by atoms with Gasteiger partial charge in [0.2, 0.25) is 0 Å². The normalized spacial score (nSPS) is 34.0. The molecule has 0 spiro atoms. The van der Waals surface area contributed by atoms with Crippen molar-refractivity contribution in [1.29, 1.82) is 0 Å². The lowest BCUT2D eigenvalue weighted by molar-refractivity contribution is -0.0498. The molecule has 5 aliphatic rings. The van der Waals surface area contributed by atoms with Crippen LogP contribution in [0.15, 0.2) is 18.2 Å². The average Bonchev–Trinajstić information content (AvgIpc) is 2.69. The second kappa shape index (κ2) is 7.39. The fourth-order valence-corrected chi connectivity index (χ4v) is 7.37. The van der Waals surface area contributed by atoms with Crippen LogP contribution in [-0.4, -0.2) is 12.6 Å². The van der Waals surface area contributed by atoms with Crippen molar-refractivity contribution < 1.29 is 4.79 Å². The van der Waals surface area contributed by atoms with E-state index in [0.29, 0.717) is 5.41 Å². The molecule has 0 heterocycles. The molecule has 4 fully saturated rings. The zero-order chi connectivity index (χ0) is 19.1. The number of hydrogen-bond acceptors (Lipinski definition) is 1. The maximum atomic E-state index is 12.7. The minimum Gasteiger partial charge on any atom is -0.338 e. The lowest BCUT2D eigenvalue weighted by atomic mass is 9.49. The van der Waals surface area contributed by atoms with Crippen LogP contribution in [0.5, 0.6) is 0 Å². The van der Waals surface area contributed by atoms with Gasteiger partial charge in [0.1, 0.15) is 0 Å². The highest BCUT2D eigenvalue weighted by Gasteiger charge is 2.50. The minimum atomic E-state index is 0.0281. The molecule has 2 N–H and O–H groups in total. The second-order valence-corrected chi connectivity index (χ2v) is 10.4. The molecule has 2 amide bonds. The summed E-state index contributed by atoms with van der Waals surface area (Å²) in [7, 11) is 0. The smallest absolute Gasteiger partial charge is 0.315 e. The molecule has 3 heteroatoms. The van der Waals surface area contributed by atoms with Gasteiger partial charge in [-0.15, -0.1) is 0 Å². The topological polar surface area (TPSA) is 41.1 Å². The lowest BCUT2D eigenvalue weighted by Gasteiger charge is -2.56. The van der Waals surface area contributed by atoms with E-state index in [1.807, 2.05) is 0 Å². The zero-order valence-electron chi connectivity index (χ0n) is 17.4. The van der Waals surface area contributed by atoms with Crippen LogP contribution >= 0.6 is 0 Å². The van der Waals surface area contributed by atoms with Crippen molar-refractivity contribution in [3.63, 3.8) is 0 Å². The summed E-state index contributed by atoms with van der Waals surface area (Å²) in [4.78, 5) is 12.7. The summed E-state index contributed by atoms with van der Waals surface area (Å²) in [5, 5.41) is 6.56. The van der Waals surface area contributed by atoms with Gasteiger partial charge in [-0.2, -0.15) is 0 Å². The third kappa shape index (κ3) is 3.57. The molecule has 0 aliphatic heterocycles. The van der Waals surface area contributed by atoms with E-state index in [-0.39, 0.29) is 12.1 Å². The third-order valence-electron chi connectivity index (χ3n) is 8.28. The molecule has 1 atom stereocenters. The van der Waals surface area contributed by atoms with Gasteiger partial charge in [0.15, 0.2) is 0 Å². The molecule has 1 aromatic rings. The van der Waals surface area contributed by atoms with Gasteiger partial charge in [-0.3, -0.25) is 0 Å². The van der Waals surface area contributed by atoms with Crippen molar-refractivity contribution in [2.75, 3.05) is 6.54 Å². The summed E-state index contributed by atoms with van der Waals surface area (Å²) >= 11 is 0. The number of hydrogen-bond donors (Lipinski definition) is 2. The Morgan fingerprint density at radius 3 is 2.32 bits per heavy atom. The van der Waals surface area contributed by atoms with E-state index in [0.717, 1.165) is 30.7 Å². The second-order valence-electron chi connectivity index (χ2n) is 10.4. The van der Waals surface area contributed by atoms with Crippen LogP contribution in [0.1, 0.15) is 87.4 Å². The number of aryl methyl sites for hydroxylation is 2. The minimum absolute atomic E-state index is 0.0281. The van der Waals surface area contributed by atoms with E-state index >= 15 is 0 Å². The number of benzene rings is 1. The van der Waals surface area contributed by atoms with Crippen molar-refractivity contribution >= 4 is 6.03 Å². The molecule has 4 bridgehead atoms. The van der Waals surface area contributed by atoms with Gasteiger partial charge in [0, 0.05) is 6.54 Å². The first-order valence-electron chi connectivity index (χ1n) is 11.8. The molecule has 152 valence electrons. The molecule has 6 rings (SSSR count). The van der Waals surface area contributed by atoms with Gasteiger partial charge in [-0.1, -0.05) is 25.1 Å². The number of urea groups is 1. The Kier molecular flexibility index (Phi) is 4.88. The number of fused-ring (bicyclic) bond motifs is 1. The molecule has 0 radical (unpaired) electrons. The Hall–Kier alpha value is -1.51. The first-order valence-corrected chi connectivity index (χ1v) is 11.8. The van der Waals surface area contributed by atoms with Crippen molar-refractivity contribution in [1.82, 2.24) is 10.6 Å². The molecule has 0 aromatic heterocycles. The van der Waals surface area contributed by atoms with Gasteiger partial charge in [-0.05, 0) is 110 Å². The Balaban J connectivity index is 1.20. The summed E-state index contributed by atoms with van der Waals surface area (Å²) in [6.45, 7) is 3.05. The van der Waals surface area contributed by atoms with Crippen LogP contribution in [-0.2, 0) is 12.8 Å². The van der Waals surface area contributed by atoms with Crippen LogP contribution in [0.4, 0.5) is 4.79 Å². The van der Waals surface area contributed by atoms with Crippen molar-refractivity contribution in [3.05, 3.63) is 34.9 Å². The molecular weight excluding hydrogens is 344 g/mol. The molecule has 4 saturated carbocycles. The highest BCUT2D eigenvalue weighted by atomic mass is 16.2. The first-order chi connectivity index (χ1) is 13.6. The number of carbonyl (C=O) groups excluding carboxylic acids is 1. The van der Waals surface area contributed by atoms with E-state index in [4.69, 9.17) is 0 Å². The third-order valence-corrected chi connectivity index (χ3v) is 8.28. The summed E-state index contributed by atoms with van der Waals surface area (Å²) in [5.41, 5.74) is 4.68. The van der Waals surface area contributed by atoms with Gasteiger partial charge in [0.25, 0.3) is 0 Å². The number of rotatable bonds is 5. The highest BCUT2D eigenvalue weighted by Crippen LogP contribution is 2.59. The predicted molar refractivity (Wildman–Crippen MR) is 113 cm³/mol. The standard InChI is InChI=1S/C25H36N2O/c1-2-23(22-8-7-20-5-3-4-6-21(20)12-22)27-24(28)26-16-25-13-17-9-18(14-25)11-19(10-17)15-25/h7-8,12,17-19,23H,2-6,9-11,13-16H2,1H3,(H2,26,27,28). The molecule has 0 saturated heterocycles. The van der Waals surface area contributed by atoms with Crippen LogP contribution < -0.4 is 10.6 Å². The lowest BCUT2D eigenvalue weighted by Crippen LogP contribution is -2.52. The van der Waals surface area contributed by atoms with Crippen molar-refractivity contribution in [3.8, 4) is 0 Å². The Morgan fingerprint density at radius 1 is 1.04 bits per heavy atom. The molecule has 1 unspecified atom stereocenters. The van der Waals surface area contributed by atoms with Crippen LogP contribution in [0.3, 0.4) is 0 Å². The number of amides is 2. The predicted octanol–water partition coefficient (Wildman–Crippen LogP) is 5.53. The van der Waals surface area contributed by atoms with Crippen molar-refractivity contribution in [2.45, 2.75) is 83.6 Å². The molecule has 28 heavy (non-hydrogen) atoms. The molecule has 1 aromatic carbocycles. The van der Waals surface area contributed by atoms with Gasteiger partial charge in [-0.25, -0.2) is 4.79 Å². The maximum absolute atomic E-state index is 12.7. The quantitative estimate of drug-likeness (QED) is 0.692. The van der Waals surface area contributed by atoms with Crippen molar-refractivity contribution in [2.24, 2.45) is 23.2 Å². The van der Waals surface area contributed by atoms with Crippen LogP contribution in [0.25, 0.3) is 0 Å². The van der Waals surface area contributed by atoms with Crippen LogP contribution in [0, 0.1) is 23.2 Å². The fourth-order valence-electron chi connectivity index (χ4n) is 7.37. The SMILES string of the molecule is CCC(NC(=O)NCC12CC3CC(CC(C3)C1)C2)c1ccc2c(c1)CCCC2. The van der Waals surface area contributed by atoms with E-state index in [1.165, 1.54) is 80.9 Å². The Morgan fingerprint density at radius 2 is 1.68 bits per heavy atom. The maximum Gasteiger partial charge on any atom is 0.315 e. The summed E-state index contributed by atoms with van der Waals surface area (Å²) in [6.07, 6.45) is 14.4. The van der Waals surface area contributed by atoms with E-state index < -0.39 is 0 Å². The van der Waals surface area contributed by atoms with E-state index in [1.54, 1.807) is 0 Å². The van der Waals surface area contributed by atoms with Crippen LogP contribution in [0.2, 0.25) is 0 Å². The molecule has 3 nitrogen and oxygen atoms in total. The van der Waals surface area contributed by atoms with E-state index in [9.17, 15) is 4.79 Å². The van der Waals surface area contributed by atoms with Gasteiger partial charge < -0.3 is 10.6 Å². The monoisotopic (exact) mass is 380 g/mol. The summed E-state index contributed by atoms with van der Waals surface area (Å²) in [6, 6.07) is 7.02. The van der Waals surface area contributed by atoms with E-state index in [2.05, 4.69) is 35.8 Å². The Labute approximate surface area is 170 Å². The summed E-state index contributed by atoms with van der Waals surface area (Å²) in [5.74, 6) is 2.82. The average molecular weight is 381 g/mol. The largest absolute Gasteiger partial charge is 0.338 e. The zero-order valence-corrected chi connectivity index (χ0v) is 17.4. The van der Waals surface area contributed by atoms with Gasteiger partial charge >= 0.3 is 6.03 Å². The highest BCUT2D eigenvalue weighted by molar-refractivity contribution is 5.74. The summed E-state index contributed by atoms with van der Waals surface area (Å²) < 4.78 is 0. The molecular formula is C25H36N2O. The first kappa shape index (κ1) is 18.5. The molecule has 5 aliphatic carbocycles. The van der Waals surface area contributed by atoms with Gasteiger partial charge in [0.05, 0.1) is 6.04 Å². The fraction of sp³-hybridized carbons (Fsp3) is 0.720. The number of nitrogens with one attached hydrogen (secondary N) is 2. The Bertz CT molecular complexity index is 705.